The van der Waals surface area contributed by atoms with E-state index in [1.54, 1.807) is 36.4 Å². The highest BCUT2D eigenvalue weighted by Crippen LogP contribution is 2.38. The first-order valence-electron chi connectivity index (χ1n) is 11.3. The summed E-state index contributed by atoms with van der Waals surface area (Å²) >= 11 is 7.47. The van der Waals surface area contributed by atoms with Gasteiger partial charge < -0.3 is 14.5 Å². The van der Waals surface area contributed by atoms with Crippen LogP contribution in [0.1, 0.15) is 34.4 Å². The summed E-state index contributed by atoms with van der Waals surface area (Å²) < 4.78 is 11.9. The van der Waals surface area contributed by atoms with Gasteiger partial charge in [0.15, 0.2) is 12.4 Å². The van der Waals surface area contributed by atoms with E-state index >= 15 is 0 Å². The van der Waals surface area contributed by atoms with E-state index in [1.165, 1.54) is 11.3 Å². The lowest BCUT2D eigenvalue weighted by atomic mass is 9.96. The van der Waals surface area contributed by atoms with Crippen molar-refractivity contribution in [2.75, 3.05) is 11.9 Å². The molecule has 0 bridgehead atoms. The number of hydrogen-bond donors (Lipinski definition) is 1. The van der Waals surface area contributed by atoms with E-state index < -0.39 is 12.5 Å². The minimum atomic E-state index is -0.453. The van der Waals surface area contributed by atoms with Crippen molar-refractivity contribution < 1.29 is 13.9 Å². The number of ether oxygens (including phenoxy) is 1. The van der Waals surface area contributed by atoms with Crippen molar-refractivity contribution in [2.24, 2.45) is 0 Å². The summed E-state index contributed by atoms with van der Waals surface area (Å²) in [7, 11) is 0. The van der Waals surface area contributed by atoms with Crippen LogP contribution in [0.5, 0.6) is 5.75 Å². The molecule has 1 amide bonds. The summed E-state index contributed by atoms with van der Waals surface area (Å²) in [6.45, 7) is 1.50. The van der Waals surface area contributed by atoms with Gasteiger partial charge in [0.1, 0.15) is 16.7 Å². The zero-order valence-electron chi connectivity index (χ0n) is 18.9. The molecule has 0 unspecified atom stereocenters. The number of benzene rings is 2. The summed E-state index contributed by atoms with van der Waals surface area (Å²) in [4.78, 5) is 27.3. The van der Waals surface area contributed by atoms with E-state index in [2.05, 4.69) is 11.4 Å². The van der Waals surface area contributed by atoms with Gasteiger partial charge in [-0.1, -0.05) is 17.7 Å². The standard InChI is InChI=1S/C27H21ClN2O4S/c1-15-6-11-19-21(12-15)34-25(16-7-9-17(28)10-8-16)26(24(19)32)33-14-23(31)30-27-20(13-29)18-4-2-3-5-22(18)35-27/h6-12H,2-5,14H2,1H3,(H,30,31). The highest BCUT2D eigenvalue weighted by atomic mass is 35.5. The number of anilines is 1. The Labute approximate surface area is 210 Å². The van der Waals surface area contributed by atoms with Crippen molar-refractivity contribution in [2.45, 2.75) is 32.6 Å². The molecular weight excluding hydrogens is 484 g/mol. The molecule has 1 N–H and O–H groups in total. The number of halogens is 1. The minimum absolute atomic E-state index is 0.0511. The zero-order valence-corrected chi connectivity index (χ0v) is 20.5. The number of fused-ring (bicyclic) bond motifs is 2. The van der Waals surface area contributed by atoms with Gasteiger partial charge in [0.05, 0.1) is 10.9 Å². The van der Waals surface area contributed by atoms with Crippen LogP contribution in [0.3, 0.4) is 0 Å². The van der Waals surface area contributed by atoms with Crippen LogP contribution < -0.4 is 15.5 Å². The first-order valence-corrected chi connectivity index (χ1v) is 12.4. The summed E-state index contributed by atoms with van der Waals surface area (Å²) in [5, 5.41) is 13.9. The van der Waals surface area contributed by atoms with Crippen molar-refractivity contribution >= 4 is 44.8 Å². The van der Waals surface area contributed by atoms with Crippen LogP contribution in [0.2, 0.25) is 5.02 Å². The lowest BCUT2D eigenvalue weighted by Gasteiger charge is -2.12. The van der Waals surface area contributed by atoms with E-state index in [0.29, 0.717) is 32.1 Å². The van der Waals surface area contributed by atoms with Crippen molar-refractivity contribution in [1.29, 1.82) is 5.26 Å². The zero-order chi connectivity index (χ0) is 24.5. The van der Waals surface area contributed by atoms with Crippen LogP contribution in [0, 0.1) is 18.3 Å². The molecule has 0 aliphatic heterocycles. The number of nitrogens with zero attached hydrogens (tertiary/aromatic N) is 1. The third-order valence-corrected chi connectivity index (χ3v) is 7.46. The maximum absolute atomic E-state index is 13.3. The van der Waals surface area contributed by atoms with Crippen molar-refractivity contribution in [3.63, 3.8) is 0 Å². The first-order chi connectivity index (χ1) is 16.9. The van der Waals surface area contributed by atoms with Gasteiger partial charge >= 0.3 is 0 Å². The quantitative estimate of drug-likeness (QED) is 0.346. The smallest absolute Gasteiger partial charge is 0.262 e. The second-order valence-electron chi connectivity index (χ2n) is 8.46. The van der Waals surface area contributed by atoms with Gasteiger partial charge in [-0.3, -0.25) is 9.59 Å². The molecule has 0 fully saturated rings. The molecule has 4 aromatic rings. The normalized spacial score (nSPS) is 12.7. The van der Waals surface area contributed by atoms with Crippen LogP contribution in [-0.4, -0.2) is 12.5 Å². The Kier molecular flexibility index (Phi) is 6.33. The molecule has 2 aromatic heterocycles. The number of aryl methyl sites for hydroxylation is 2. The minimum Gasteiger partial charge on any atom is -0.476 e. The number of hydrogen-bond acceptors (Lipinski definition) is 6. The van der Waals surface area contributed by atoms with Crippen LogP contribution >= 0.6 is 22.9 Å². The number of nitriles is 1. The van der Waals surface area contributed by atoms with Crippen molar-refractivity contribution in [1.82, 2.24) is 0 Å². The summed E-state index contributed by atoms with van der Waals surface area (Å²) in [5.74, 6) is -0.280. The average molecular weight is 505 g/mol. The largest absolute Gasteiger partial charge is 0.476 e. The molecule has 1 aliphatic carbocycles. The van der Waals surface area contributed by atoms with Crippen LogP contribution in [0.25, 0.3) is 22.3 Å². The Bertz CT molecular complexity index is 1550. The Morgan fingerprint density at radius 2 is 1.97 bits per heavy atom. The Balaban J connectivity index is 1.46. The van der Waals surface area contributed by atoms with Crippen molar-refractivity contribution in [3.05, 3.63) is 79.3 Å². The Hall–Kier alpha value is -3.60. The number of carbonyl (C=O) groups is 1. The van der Waals surface area contributed by atoms with Crippen LogP contribution in [0.4, 0.5) is 5.00 Å². The molecule has 0 saturated carbocycles. The first kappa shape index (κ1) is 23.2. The fraction of sp³-hybridized carbons (Fsp3) is 0.222. The van der Waals surface area contributed by atoms with Gasteiger partial charge in [-0.15, -0.1) is 11.3 Å². The number of carbonyl (C=O) groups excluding carboxylic acids is 1. The molecule has 0 saturated heterocycles. The summed E-state index contributed by atoms with van der Waals surface area (Å²) in [5.41, 5.74) is 3.18. The number of thiophene rings is 1. The van der Waals surface area contributed by atoms with E-state index in [4.69, 9.17) is 20.8 Å². The maximum Gasteiger partial charge on any atom is 0.262 e. The molecule has 0 atom stereocenters. The maximum atomic E-state index is 13.3. The number of rotatable bonds is 5. The molecule has 2 aromatic carbocycles. The predicted molar refractivity (Wildman–Crippen MR) is 137 cm³/mol. The van der Waals surface area contributed by atoms with Crippen molar-refractivity contribution in [3.8, 4) is 23.1 Å². The Morgan fingerprint density at radius 1 is 1.20 bits per heavy atom. The fourth-order valence-corrected chi connectivity index (χ4v) is 5.66. The molecule has 176 valence electrons. The molecule has 1 aliphatic rings. The molecule has 8 heteroatoms. The van der Waals surface area contributed by atoms with Gasteiger partial charge in [-0.25, -0.2) is 0 Å². The van der Waals surface area contributed by atoms with Gasteiger partial charge in [0.25, 0.3) is 5.91 Å². The number of amides is 1. The highest BCUT2D eigenvalue weighted by molar-refractivity contribution is 7.16. The van der Waals surface area contributed by atoms with E-state index in [9.17, 15) is 14.9 Å². The molecule has 35 heavy (non-hydrogen) atoms. The fourth-order valence-electron chi connectivity index (χ4n) is 4.28. The molecular formula is C27H21ClN2O4S. The molecule has 5 rings (SSSR count). The predicted octanol–water partition coefficient (Wildman–Crippen LogP) is 6.25. The second-order valence-corrected chi connectivity index (χ2v) is 10.0. The summed E-state index contributed by atoms with van der Waals surface area (Å²) in [6, 6.07) is 14.4. The lowest BCUT2D eigenvalue weighted by molar-refractivity contribution is -0.118. The highest BCUT2D eigenvalue weighted by Gasteiger charge is 2.23. The second kappa shape index (κ2) is 9.57. The van der Waals surface area contributed by atoms with Gasteiger partial charge in [-0.2, -0.15) is 5.26 Å². The third kappa shape index (κ3) is 4.55. The molecule has 0 spiro atoms. The van der Waals surface area contributed by atoms with Crippen LogP contribution in [0.15, 0.2) is 51.7 Å². The van der Waals surface area contributed by atoms with Crippen LogP contribution in [-0.2, 0) is 17.6 Å². The Morgan fingerprint density at radius 3 is 2.74 bits per heavy atom. The van der Waals surface area contributed by atoms with E-state index in [0.717, 1.165) is 41.7 Å². The van der Waals surface area contributed by atoms with Gasteiger partial charge in [0.2, 0.25) is 11.2 Å². The lowest BCUT2D eigenvalue weighted by Crippen LogP contribution is -2.22. The van der Waals surface area contributed by atoms with Gasteiger partial charge in [0, 0.05) is 15.5 Å². The average Bonchev–Trinajstić information content (AvgIpc) is 3.20. The summed E-state index contributed by atoms with van der Waals surface area (Å²) in [6.07, 6.45) is 3.89. The van der Waals surface area contributed by atoms with E-state index in [-0.39, 0.29) is 16.9 Å². The molecule has 6 nitrogen and oxygen atoms in total. The van der Waals surface area contributed by atoms with E-state index in [1.807, 2.05) is 13.0 Å². The SMILES string of the molecule is Cc1ccc2c(=O)c(OCC(=O)Nc3sc4c(c3C#N)CCCC4)c(-c3ccc(Cl)cc3)oc2c1. The molecule has 0 radical (unpaired) electrons. The molecule has 2 heterocycles. The van der Waals surface area contributed by atoms with Gasteiger partial charge in [-0.05, 0) is 80.1 Å². The monoisotopic (exact) mass is 504 g/mol. The number of nitrogens with one attached hydrogen (secondary N) is 1. The third-order valence-electron chi connectivity index (χ3n) is 6.00. The topological polar surface area (TPSA) is 92.3 Å².